The highest BCUT2D eigenvalue weighted by molar-refractivity contribution is 6.77. The average Bonchev–Trinajstić information content (AvgIpc) is 2.94. The molecule has 0 saturated heterocycles. The summed E-state index contributed by atoms with van der Waals surface area (Å²) in [5.74, 6) is 0. The van der Waals surface area contributed by atoms with Gasteiger partial charge in [-0.3, -0.25) is 0 Å². The molecule has 0 N–H and O–H groups in total. The summed E-state index contributed by atoms with van der Waals surface area (Å²) in [5, 5.41) is 0. The summed E-state index contributed by atoms with van der Waals surface area (Å²) in [7, 11) is -1.49. The van der Waals surface area contributed by atoms with E-state index in [-0.39, 0.29) is 0 Å². The van der Waals surface area contributed by atoms with E-state index in [1.807, 2.05) is 36.4 Å². The lowest BCUT2D eigenvalue weighted by atomic mass is 10.2. The second-order valence-electron chi connectivity index (χ2n) is 10.7. The summed E-state index contributed by atoms with van der Waals surface area (Å²) in [6.45, 7) is 13.5. The lowest BCUT2D eigenvalue weighted by Crippen LogP contribution is -2.26. The molecule has 3 aromatic carbocycles. The van der Waals surface area contributed by atoms with E-state index in [9.17, 15) is 0 Å². The Morgan fingerprint density at radius 2 is 1.14 bits per heavy atom. The third-order valence-electron chi connectivity index (χ3n) is 6.66. The highest BCUT2D eigenvalue weighted by Crippen LogP contribution is 2.21. The molecule has 0 spiro atoms. The quantitative estimate of drug-likeness (QED) is 0.209. The maximum absolute atomic E-state index is 3.63. The first-order valence-corrected chi connectivity index (χ1v) is 19.9. The van der Waals surface area contributed by atoms with E-state index in [4.69, 9.17) is 0 Å². The van der Waals surface area contributed by atoms with E-state index in [2.05, 4.69) is 118 Å². The van der Waals surface area contributed by atoms with Gasteiger partial charge in [0.2, 0.25) is 0 Å². The van der Waals surface area contributed by atoms with Crippen LogP contribution in [0.2, 0.25) is 43.8 Å². The number of benzene rings is 3. The lowest BCUT2D eigenvalue weighted by Gasteiger charge is -2.22. The van der Waals surface area contributed by atoms with Gasteiger partial charge in [0.05, 0.1) is 0 Å². The highest BCUT2D eigenvalue weighted by atomic mass is 28.3. The second-order valence-corrected chi connectivity index (χ2v) is 19.2. The Hall–Kier alpha value is -2.69. The molecule has 0 saturated carbocycles. The first-order valence-electron chi connectivity index (χ1n) is 13.5. The van der Waals surface area contributed by atoms with Crippen LogP contribution in [-0.2, 0) is 12.8 Å². The molecule has 0 amide bonds. The van der Waals surface area contributed by atoms with Gasteiger partial charge in [0.15, 0.2) is 0 Å². The van der Waals surface area contributed by atoms with Gasteiger partial charge in [-0.05, 0) is 41.5 Å². The molecule has 0 aliphatic heterocycles. The summed E-state index contributed by atoms with van der Waals surface area (Å²) < 4.78 is 0. The zero-order valence-electron chi connectivity index (χ0n) is 22.9. The molecule has 0 heterocycles. The fourth-order valence-corrected chi connectivity index (χ4v) is 7.41. The molecular formula is C34H46Si2. The molecule has 0 fully saturated rings. The smallest absolute Gasteiger partial charge is 0.0480 e. The molecule has 0 atom stereocenters. The van der Waals surface area contributed by atoms with Crippen LogP contribution in [-0.4, -0.2) is 16.9 Å². The average molecular weight is 511 g/mol. The van der Waals surface area contributed by atoms with Crippen LogP contribution < -0.4 is 0 Å². The molecule has 4 rings (SSSR count). The first kappa shape index (κ1) is 29.5. The fraction of sp³-hybridized carbons (Fsp3) is 0.294. The lowest BCUT2D eigenvalue weighted by molar-refractivity contribution is 1.03. The summed E-state index contributed by atoms with van der Waals surface area (Å²) in [5.41, 5.74) is 4.98. The topological polar surface area (TPSA) is 0 Å². The van der Waals surface area contributed by atoms with E-state index >= 15 is 0 Å². The van der Waals surface area contributed by atoms with Crippen LogP contribution >= 0.6 is 0 Å². The number of rotatable bonds is 8. The van der Waals surface area contributed by atoms with E-state index in [1.165, 1.54) is 41.6 Å². The summed E-state index contributed by atoms with van der Waals surface area (Å²) in [6.07, 6.45) is 14.7. The minimum atomic E-state index is -1.07. The van der Waals surface area contributed by atoms with Crippen LogP contribution in [0.3, 0.4) is 0 Å². The zero-order valence-corrected chi connectivity index (χ0v) is 25.1. The van der Waals surface area contributed by atoms with Crippen LogP contribution in [0.4, 0.5) is 0 Å². The molecule has 0 nitrogen and oxygen atoms in total. The molecule has 190 valence electrons. The molecule has 1 aliphatic carbocycles. The van der Waals surface area contributed by atoms with Crippen LogP contribution in [0, 0.1) is 0 Å². The van der Waals surface area contributed by atoms with Gasteiger partial charge in [0, 0.05) is 16.9 Å². The van der Waals surface area contributed by atoms with Gasteiger partial charge in [0.1, 0.15) is 0 Å². The van der Waals surface area contributed by atoms with E-state index in [0.717, 1.165) is 12.0 Å². The molecule has 36 heavy (non-hydrogen) atoms. The Morgan fingerprint density at radius 3 is 1.47 bits per heavy atom. The van der Waals surface area contributed by atoms with Crippen LogP contribution in [0.5, 0.6) is 0 Å². The zero-order chi connectivity index (χ0) is 26.1. The maximum Gasteiger partial charge on any atom is 0.0480 e. The first-order chi connectivity index (χ1) is 17.4. The predicted octanol–water partition coefficient (Wildman–Crippen LogP) is 9.87. The van der Waals surface area contributed by atoms with Crippen molar-refractivity contribution >= 4 is 22.9 Å². The summed E-state index contributed by atoms with van der Waals surface area (Å²) >= 11 is 0. The van der Waals surface area contributed by atoms with Crippen molar-refractivity contribution in [3.63, 3.8) is 0 Å². The summed E-state index contributed by atoms with van der Waals surface area (Å²) in [4.78, 5) is 0. The minimum absolute atomic E-state index is 0.425. The molecule has 0 bridgehead atoms. The minimum Gasteiger partial charge on any atom is -0.0985 e. The molecule has 2 heteroatoms. The molecule has 0 radical (unpaired) electrons. The second kappa shape index (κ2) is 16.9. The third kappa shape index (κ3) is 12.9. The van der Waals surface area contributed by atoms with Gasteiger partial charge in [-0.15, -0.1) is 0 Å². The Kier molecular flexibility index (Phi) is 13.9. The van der Waals surface area contributed by atoms with Gasteiger partial charge in [-0.2, -0.15) is 0 Å². The van der Waals surface area contributed by atoms with Gasteiger partial charge < -0.3 is 0 Å². The number of allylic oxidation sites excluding steroid dienone is 4. The Labute approximate surface area is 224 Å². The van der Waals surface area contributed by atoms with Crippen molar-refractivity contribution in [2.24, 2.45) is 0 Å². The van der Waals surface area contributed by atoms with Crippen molar-refractivity contribution < 1.29 is 0 Å². The predicted molar refractivity (Wildman–Crippen MR) is 169 cm³/mol. The normalized spacial score (nSPS) is 12.8. The van der Waals surface area contributed by atoms with Crippen molar-refractivity contribution in [3.05, 3.63) is 139 Å². The number of hydrogen-bond acceptors (Lipinski definition) is 0. The molecule has 3 aromatic rings. The SMILES string of the molecule is C=Cc1ccccc1.C[SiH](C)C1C=CCC=C1.C[Si](C)(CCc1ccccc1)CCc1ccccc1. The highest BCUT2D eigenvalue weighted by Gasteiger charge is 2.19. The van der Waals surface area contributed by atoms with E-state index < -0.39 is 16.9 Å². The van der Waals surface area contributed by atoms with Crippen molar-refractivity contribution in [3.8, 4) is 0 Å². The van der Waals surface area contributed by atoms with Gasteiger partial charge in [0.25, 0.3) is 0 Å². The van der Waals surface area contributed by atoms with Crippen molar-refractivity contribution in [2.75, 3.05) is 0 Å². The van der Waals surface area contributed by atoms with Gasteiger partial charge >= 0.3 is 0 Å². The van der Waals surface area contributed by atoms with Crippen LogP contribution in [0.25, 0.3) is 6.08 Å². The molecule has 1 aliphatic rings. The Bertz CT molecular complexity index is 961. The van der Waals surface area contributed by atoms with Gasteiger partial charge in [-0.25, -0.2) is 0 Å². The fourth-order valence-electron chi connectivity index (χ4n) is 4.03. The van der Waals surface area contributed by atoms with E-state index in [1.54, 1.807) is 0 Å². The Balaban J connectivity index is 0.000000221. The Morgan fingerprint density at radius 1 is 0.722 bits per heavy atom. The largest absolute Gasteiger partial charge is 0.0985 e. The van der Waals surface area contributed by atoms with Crippen molar-refractivity contribution in [1.29, 1.82) is 0 Å². The van der Waals surface area contributed by atoms with Crippen LogP contribution in [0.15, 0.2) is 122 Å². The maximum atomic E-state index is 3.63. The van der Waals surface area contributed by atoms with Crippen LogP contribution in [0.1, 0.15) is 23.1 Å². The summed E-state index contributed by atoms with van der Waals surface area (Å²) in [6, 6.07) is 34.6. The molecule has 0 aromatic heterocycles. The van der Waals surface area contributed by atoms with Crippen molar-refractivity contribution in [1.82, 2.24) is 0 Å². The van der Waals surface area contributed by atoms with E-state index in [0.29, 0.717) is 0 Å². The third-order valence-corrected chi connectivity index (χ3v) is 11.9. The van der Waals surface area contributed by atoms with Gasteiger partial charge in [-0.1, -0.05) is 166 Å². The number of hydrogen-bond donors (Lipinski definition) is 0. The van der Waals surface area contributed by atoms with Crippen molar-refractivity contribution in [2.45, 2.75) is 63.1 Å². The monoisotopic (exact) mass is 510 g/mol. The molecule has 0 unspecified atom stereocenters. The number of aryl methyl sites for hydroxylation is 2. The molecular weight excluding hydrogens is 465 g/mol. The standard InChI is InChI=1S/C18H24Si.C8H14Si.C8H8/c1-19(2,15-13-17-9-5-3-6-10-17)16-14-18-11-7-4-8-12-18;1-9(2)8-6-4-3-5-7-8;1-2-8-6-4-3-5-7-8/h3-12H,13-16H2,1-2H3;4-9H,3H2,1-2H3;2-7H,1H2.